The number of hydrogen-bond acceptors (Lipinski definition) is 4. The van der Waals surface area contributed by atoms with Gasteiger partial charge in [-0.1, -0.05) is 43.0 Å². The van der Waals surface area contributed by atoms with Crippen LogP contribution in [-0.2, 0) is 14.3 Å². The predicted molar refractivity (Wildman–Crippen MR) is 93.5 cm³/mol. The molecule has 0 saturated heterocycles. The summed E-state index contributed by atoms with van der Waals surface area (Å²) in [5.74, 6) is -0.742. The predicted octanol–water partition coefficient (Wildman–Crippen LogP) is 4.11. The number of carbonyl (C=O) groups is 2. The van der Waals surface area contributed by atoms with Crippen LogP contribution >= 0.6 is 0 Å². The quantitative estimate of drug-likeness (QED) is 0.593. The second-order valence-corrected chi connectivity index (χ2v) is 5.07. The molecule has 24 heavy (non-hydrogen) atoms. The summed E-state index contributed by atoms with van der Waals surface area (Å²) in [7, 11) is 0. The summed E-state index contributed by atoms with van der Waals surface area (Å²) in [5.41, 5.74) is 3.52. The van der Waals surface area contributed by atoms with Crippen LogP contribution < -0.4 is 0 Å². The highest BCUT2D eigenvalue weighted by Gasteiger charge is 2.11. The van der Waals surface area contributed by atoms with Crippen molar-refractivity contribution in [3.05, 3.63) is 66.2 Å². The minimum atomic E-state index is -0.413. The van der Waals surface area contributed by atoms with Crippen molar-refractivity contribution in [2.75, 3.05) is 13.2 Å². The zero-order chi connectivity index (χ0) is 17.5. The minimum absolute atomic E-state index is 0.322. The van der Waals surface area contributed by atoms with E-state index in [-0.39, 0.29) is 5.97 Å². The number of benzene rings is 2. The number of ether oxygens (including phenoxy) is 2. The van der Waals surface area contributed by atoms with Gasteiger partial charge in [0, 0.05) is 0 Å². The molecule has 2 rings (SSSR count). The fourth-order valence-corrected chi connectivity index (χ4v) is 2.21. The van der Waals surface area contributed by atoms with Crippen LogP contribution in [0.4, 0.5) is 0 Å². The number of esters is 2. The third-order valence-corrected chi connectivity index (χ3v) is 3.48. The molecule has 0 fully saturated rings. The van der Waals surface area contributed by atoms with Gasteiger partial charge in [0.2, 0.25) is 0 Å². The summed E-state index contributed by atoms with van der Waals surface area (Å²) in [4.78, 5) is 23.3. The normalized spacial score (nSPS) is 10.1. The number of carbonyl (C=O) groups excluding carboxylic acids is 2. The second kappa shape index (κ2) is 8.11. The third kappa shape index (κ3) is 4.10. The molecule has 2 aromatic rings. The highest BCUT2D eigenvalue weighted by molar-refractivity contribution is 6.15. The van der Waals surface area contributed by atoms with Gasteiger partial charge < -0.3 is 9.47 Å². The molecule has 0 aromatic heterocycles. The second-order valence-electron chi connectivity index (χ2n) is 5.07. The van der Waals surface area contributed by atoms with Crippen LogP contribution in [0, 0.1) is 0 Å². The lowest BCUT2D eigenvalue weighted by Gasteiger charge is -2.08. The van der Waals surface area contributed by atoms with Crippen LogP contribution in [0.5, 0.6) is 0 Å². The Balaban J connectivity index is 2.14. The van der Waals surface area contributed by atoms with Gasteiger partial charge in [-0.15, -0.1) is 0 Å². The van der Waals surface area contributed by atoms with Gasteiger partial charge in [0.15, 0.2) is 0 Å². The lowest BCUT2D eigenvalue weighted by molar-refractivity contribution is -0.136. The van der Waals surface area contributed by atoms with E-state index in [9.17, 15) is 9.59 Å². The molecule has 0 N–H and O–H groups in total. The SMILES string of the molecule is C=C(C(=O)OCC)c1ccc(-c2ccc(C(=O)OCC)cc2)cc1. The van der Waals surface area contributed by atoms with Crippen LogP contribution in [0.3, 0.4) is 0 Å². The average molecular weight is 324 g/mol. The van der Waals surface area contributed by atoms with Gasteiger partial charge >= 0.3 is 11.9 Å². The van der Waals surface area contributed by atoms with Gasteiger partial charge in [-0.25, -0.2) is 9.59 Å². The van der Waals surface area contributed by atoms with Gasteiger partial charge in [-0.05, 0) is 42.7 Å². The first-order valence-corrected chi connectivity index (χ1v) is 7.80. The molecule has 2 aromatic carbocycles. The Bertz CT molecular complexity index is 727. The topological polar surface area (TPSA) is 52.6 Å². The van der Waals surface area contributed by atoms with Gasteiger partial charge in [-0.3, -0.25) is 0 Å². The molecule has 0 radical (unpaired) electrons. The van der Waals surface area contributed by atoms with E-state index >= 15 is 0 Å². The van der Waals surface area contributed by atoms with E-state index in [1.54, 1.807) is 26.0 Å². The molecule has 4 nitrogen and oxygen atoms in total. The number of hydrogen-bond donors (Lipinski definition) is 0. The van der Waals surface area contributed by atoms with Crippen molar-refractivity contribution in [2.45, 2.75) is 13.8 Å². The van der Waals surface area contributed by atoms with Crippen LogP contribution in [-0.4, -0.2) is 25.2 Å². The van der Waals surface area contributed by atoms with Crippen molar-refractivity contribution < 1.29 is 19.1 Å². The highest BCUT2D eigenvalue weighted by atomic mass is 16.5. The molecule has 4 heteroatoms. The highest BCUT2D eigenvalue weighted by Crippen LogP contribution is 2.23. The van der Waals surface area contributed by atoms with E-state index in [1.807, 2.05) is 36.4 Å². The summed E-state index contributed by atoms with van der Waals surface area (Å²) in [6.45, 7) is 7.98. The summed E-state index contributed by atoms with van der Waals surface area (Å²) in [6.07, 6.45) is 0. The van der Waals surface area contributed by atoms with Crippen LogP contribution in [0.15, 0.2) is 55.1 Å². The fraction of sp³-hybridized carbons (Fsp3) is 0.200. The maximum absolute atomic E-state index is 11.7. The number of rotatable bonds is 6. The molecule has 0 aliphatic rings. The van der Waals surface area contributed by atoms with Crippen molar-refractivity contribution >= 4 is 17.5 Å². The third-order valence-electron chi connectivity index (χ3n) is 3.48. The van der Waals surface area contributed by atoms with Crippen molar-refractivity contribution in [3.63, 3.8) is 0 Å². The zero-order valence-corrected chi connectivity index (χ0v) is 13.9. The Morgan fingerprint density at radius 2 is 1.25 bits per heavy atom. The molecule has 0 bridgehead atoms. The van der Waals surface area contributed by atoms with Gasteiger partial charge in [0.05, 0.1) is 24.4 Å². The Hall–Kier alpha value is -2.88. The standard InChI is InChI=1S/C20H20O4/c1-4-23-19(21)14(3)15-6-8-16(9-7-15)17-10-12-18(13-11-17)20(22)24-5-2/h6-13H,3-5H2,1-2H3. The van der Waals surface area contributed by atoms with E-state index in [0.29, 0.717) is 24.4 Å². The van der Waals surface area contributed by atoms with E-state index < -0.39 is 5.97 Å². The summed E-state index contributed by atoms with van der Waals surface area (Å²) in [5, 5.41) is 0. The summed E-state index contributed by atoms with van der Waals surface area (Å²) < 4.78 is 9.91. The lowest BCUT2D eigenvalue weighted by Crippen LogP contribution is -2.05. The van der Waals surface area contributed by atoms with Crippen LogP contribution in [0.25, 0.3) is 16.7 Å². The molecule has 0 heterocycles. The Labute approximate surface area is 141 Å². The van der Waals surface area contributed by atoms with Crippen molar-refractivity contribution in [1.29, 1.82) is 0 Å². The molecule has 0 amide bonds. The monoisotopic (exact) mass is 324 g/mol. The first-order chi connectivity index (χ1) is 11.6. The van der Waals surface area contributed by atoms with E-state index in [0.717, 1.165) is 16.7 Å². The average Bonchev–Trinajstić information content (AvgIpc) is 2.62. The zero-order valence-electron chi connectivity index (χ0n) is 13.9. The van der Waals surface area contributed by atoms with Crippen molar-refractivity contribution in [2.24, 2.45) is 0 Å². The van der Waals surface area contributed by atoms with Crippen molar-refractivity contribution in [3.8, 4) is 11.1 Å². The van der Waals surface area contributed by atoms with Gasteiger partial charge in [-0.2, -0.15) is 0 Å². The van der Waals surface area contributed by atoms with Gasteiger partial charge in [0.25, 0.3) is 0 Å². The first-order valence-electron chi connectivity index (χ1n) is 7.80. The molecule has 0 saturated carbocycles. The van der Waals surface area contributed by atoms with E-state index in [2.05, 4.69) is 6.58 Å². The molecular formula is C20H20O4. The summed E-state index contributed by atoms with van der Waals surface area (Å²) >= 11 is 0. The minimum Gasteiger partial charge on any atom is -0.462 e. The maximum Gasteiger partial charge on any atom is 0.338 e. The Morgan fingerprint density at radius 1 is 0.792 bits per heavy atom. The fourth-order valence-electron chi connectivity index (χ4n) is 2.21. The van der Waals surface area contributed by atoms with Gasteiger partial charge in [0.1, 0.15) is 0 Å². The van der Waals surface area contributed by atoms with Crippen LogP contribution in [0.1, 0.15) is 29.8 Å². The van der Waals surface area contributed by atoms with E-state index in [1.165, 1.54) is 0 Å². The molecule has 0 aliphatic carbocycles. The molecule has 0 unspecified atom stereocenters. The molecule has 0 spiro atoms. The molecule has 124 valence electrons. The lowest BCUT2D eigenvalue weighted by atomic mass is 10.0. The Morgan fingerprint density at radius 3 is 1.71 bits per heavy atom. The first kappa shape index (κ1) is 17.5. The molecular weight excluding hydrogens is 304 g/mol. The molecule has 0 atom stereocenters. The Kier molecular flexibility index (Phi) is 5.90. The largest absolute Gasteiger partial charge is 0.462 e. The molecule has 0 aliphatic heterocycles. The van der Waals surface area contributed by atoms with Crippen LogP contribution in [0.2, 0.25) is 0 Å². The van der Waals surface area contributed by atoms with Crippen molar-refractivity contribution in [1.82, 2.24) is 0 Å². The smallest absolute Gasteiger partial charge is 0.338 e. The summed E-state index contributed by atoms with van der Waals surface area (Å²) in [6, 6.07) is 14.7. The maximum atomic E-state index is 11.7. The van der Waals surface area contributed by atoms with E-state index in [4.69, 9.17) is 9.47 Å².